The molecule has 0 aliphatic carbocycles. The van der Waals surface area contributed by atoms with Crippen LogP contribution in [0, 0.1) is 0 Å². The van der Waals surface area contributed by atoms with Crippen molar-refractivity contribution >= 4 is 27.0 Å². The van der Waals surface area contributed by atoms with E-state index in [0.717, 1.165) is 6.42 Å². The fraction of sp³-hybridized carbons (Fsp3) is 0.400. The molecule has 3 nitrogen and oxygen atoms in total. The maximum absolute atomic E-state index is 11.9. The molecule has 0 bridgehead atoms. The Labute approximate surface area is 94.6 Å². The van der Waals surface area contributed by atoms with Crippen LogP contribution in [0.5, 0.6) is 5.75 Å². The smallest absolute Gasteiger partial charge is 0.139 e. The predicted octanol–water partition coefficient (Wildman–Crippen LogP) is 2.85. The van der Waals surface area contributed by atoms with Crippen LogP contribution in [-0.4, -0.2) is 22.8 Å². The standard InChI is InChI=1S/C10H12ClNO2S/c1-14-10-7-8(3-4-9(10)11)12-15(13)5-2-6-15/h3-4,7H,2,5-6H2,1H3. The van der Waals surface area contributed by atoms with E-state index in [1.807, 2.05) is 0 Å². The summed E-state index contributed by atoms with van der Waals surface area (Å²) in [5.41, 5.74) is 0.681. The van der Waals surface area contributed by atoms with Crippen molar-refractivity contribution < 1.29 is 8.95 Å². The first-order chi connectivity index (χ1) is 7.13. The summed E-state index contributed by atoms with van der Waals surface area (Å²) < 4.78 is 21.2. The van der Waals surface area contributed by atoms with Crippen molar-refractivity contribution in [2.24, 2.45) is 4.36 Å². The molecule has 0 radical (unpaired) electrons. The van der Waals surface area contributed by atoms with E-state index in [9.17, 15) is 4.21 Å². The van der Waals surface area contributed by atoms with Gasteiger partial charge in [0, 0.05) is 17.6 Å². The Kier molecular flexibility index (Phi) is 2.89. The molecular formula is C10H12ClNO2S. The molecule has 0 unspecified atom stereocenters. The van der Waals surface area contributed by atoms with Gasteiger partial charge in [-0.2, -0.15) is 4.36 Å². The van der Waals surface area contributed by atoms with Crippen molar-refractivity contribution in [2.75, 3.05) is 18.6 Å². The van der Waals surface area contributed by atoms with Gasteiger partial charge in [-0.15, -0.1) is 0 Å². The fourth-order valence-corrected chi connectivity index (χ4v) is 3.04. The molecule has 0 spiro atoms. The van der Waals surface area contributed by atoms with E-state index in [4.69, 9.17) is 16.3 Å². The van der Waals surface area contributed by atoms with Gasteiger partial charge in [-0.3, -0.25) is 0 Å². The van der Waals surface area contributed by atoms with Gasteiger partial charge in [0.25, 0.3) is 0 Å². The fourth-order valence-electron chi connectivity index (χ4n) is 1.38. The summed E-state index contributed by atoms with van der Waals surface area (Å²) >= 11 is 5.88. The summed E-state index contributed by atoms with van der Waals surface area (Å²) in [4.78, 5) is 0. The van der Waals surface area contributed by atoms with Gasteiger partial charge >= 0.3 is 0 Å². The molecule has 1 heterocycles. The zero-order chi connectivity index (χ0) is 10.9. The van der Waals surface area contributed by atoms with Crippen molar-refractivity contribution in [1.29, 1.82) is 0 Å². The van der Waals surface area contributed by atoms with Crippen LogP contribution in [-0.2, 0) is 9.73 Å². The largest absolute Gasteiger partial charge is 0.495 e. The second-order valence-corrected chi connectivity index (χ2v) is 6.40. The van der Waals surface area contributed by atoms with Crippen molar-refractivity contribution in [3.8, 4) is 5.75 Å². The number of hydrogen-bond donors (Lipinski definition) is 0. The number of halogens is 1. The van der Waals surface area contributed by atoms with Gasteiger partial charge in [0.1, 0.15) is 5.75 Å². The Hall–Kier alpha value is -0.740. The second kappa shape index (κ2) is 4.02. The Morgan fingerprint density at radius 3 is 2.73 bits per heavy atom. The van der Waals surface area contributed by atoms with Crippen LogP contribution in [0.2, 0.25) is 5.02 Å². The molecule has 1 fully saturated rings. The molecule has 0 amide bonds. The number of rotatable bonds is 2. The average molecular weight is 246 g/mol. The summed E-state index contributed by atoms with van der Waals surface area (Å²) in [5.74, 6) is 1.98. The number of hydrogen-bond acceptors (Lipinski definition) is 3. The lowest BCUT2D eigenvalue weighted by Crippen LogP contribution is -2.22. The molecule has 5 heteroatoms. The van der Waals surface area contributed by atoms with Crippen molar-refractivity contribution in [1.82, 2.24) is 0 Å². The van der Waals surface area contributed by atoms with Crippen LogP contribution in [0.4, 0.5) is 5.69 Å². The molecular weight excluding hydrogens is 234 g/mol. The van der Waals surface area contributed by atoms with E-state index in [0.29, 0.717) is 28.0 Å². The van der Waals surface area contributed by atoms with Gasteiger partial charge in [-0.05, 0) is 18.6 Å². The molecule has 0 N–H and O–H groups in total. The molecule has 1 aliphatic heterocycles. The number of benzene rings is 1. The van der Waals surface area contributed by atoms with E-state index in [-0.39, 0.29) is 0 Å². The zero-order valence-corrected chi connectivity index (χ0v) is 9.98. The molecule has 1 aliphatic rings. The van der Waals surface area contributed by atoms with Gasteiger partial charge in [0.05, 0.1) is 27.5 Å². The molecule has 82 valence electrons. The third kappa shape index (κ3) is 2.26. The van der Waals surface area contributed by atoms with Gasteiger partial charge in [-0.25, -0.2) is 4.21 Å². The molecule has 0 atom stereocenters. The highest BCUT2D eigenvalue weighted by Crippen LogP contribution is 2.30. The molecule has 2 rings (SSSR count). The van der Waals surface area contributed by atoms with Crippen molar-refractivity contribution in [2.45, 2.75) is 6.42 Å². The quantitative estimate of drug-likeness (QED) is 0.804. The first-order valence-corrected chi connectivity index (χ1v) is 6.92. The first-order valence-electron chi connectivity index (χ1n) is 4.69. The Balaban J connectivity index is 2.38. The second-order valence-electron chi connectivity index (χ2n) is 3.44. The van der Waals surface area contributed by atoms with Gasteiger partial charge in [0.15, 0.2) is 0 Å². The SMILES string of the molecule is COc1cc(N=S2(=O)CCC2)ccc1Cl. The van der Waals surface area contributed by atoms with Gasteiger partial charge in [-0.1, -0.05) is 11.6 Å². The minimum atomic E-state index is -1.95. The molecule has 1 saturated heterocycles. The van der Waals surface area contributed by atoms with Crippen LogP contribution >= 0.6 is 11.6 Å². The summed E-state index contributed by atoms with van der Waals surface area (Å²) in [5, 5.41) is 0.542. The van der Waals surface area contributed by atoms with Crippen LogP contribution in [0.1, 0.15) is 6.42 Å². The van der Waals surface area contributed by atoms with Crippen molar-refractivity contribution in [3.05, 3.63) is 23.2 Å². The maximum Gasteiger partial charge on any atom is 0.139 e. The molecule has 0 saturated carbocycles. The lowest BCUT2D eigenvalue weighted by Gasteiger charge is -2.17. The Morgan fingerprint density at radius 2 is 2.20 bits per heavy atom. The minimum absolute atomic E-state index is 0.542. The van der Waals surface area contributed by atoms with Gasteiger partial charge in [0.2, 0.25) is 0 Å². The first kappa shape index (κ1) is 10.8. The third-order valence-corrected chi connectivity index (χ3v) is 5.04. The average Bonchev–Trinajstić information content (AvgIpc) is 2.18. The summed E-state index contributed by atoms with van der Waals surface area (Å²) in [6.07, 6.45) is 1.01. The summed E-state index contributed by atoms with van der Waals surface area (Å²) in [6.45, 7) is 0. The highest BCUT2D eigenvalue weighted by atomic mass is 35.5. The van der Waals surface area contributed by atoms with E-state index in [2.05, 4.69) is 4.36 Å². The zero-order valence-electron chi connectivity index (χ0n) is 8.40. The van der Waals surface area contributed by atoms with E-state index < -0.39 is 9.73 Å². The number of ether oxygens (including phenoxy) is 1. The topological polar surface area (TPSA) is 38.7 Å². The van der Waals surface area contributed by atoms with Crippen LogP contribution in [0.25, 0.3) is 0 Å². The molecule has 1 aromatic carbocycles. The lowest BCUT2D eigenvalue weighted by molar-refractivity contribution is 0.415. The molecule has 1 aromatic rings. The van der Waals surface area contributed by atoms with E-state index in [1.165, 1.54) is 0 Å². The Morgan fingerprint density at radius 1 is 1.47 bits per heavy atom. The summed E-state index contributed by atoms with van der Waals surface area (Å²) in [6, 6.07) is 5.18. The van der Waals surface area contributed by atoms with Crippen LogP contribution in [0.3, 0.4) is 0 Å². The highest BCUT2D eigenvalue weighted by molar-refractivity contribution is 7.95. The normalized spacial score (nSPS) is 18.0. The Bertz CT molecular complexity index is 482. The van der Waals surface area contributed by atoms with Crippen molar-refractivity contribution in [3.63, 3.8) is 0 Å². The lowest BCUT2D eigenvalue weighted by atomic mass is 10.3. The monoisotopic (exact) mass is 245 g/mol. The number of nitrogens with zero attached hydrogens (tertiary/aromatic N) is 1. The maximum atomic E-state index is 11.9. The predicted molar refractivity (Wildman–Crippen MR) is 62.6 cm³/mol. The van der Waals surface area contributed by atoms with Crippen LogP contribution in [0.15, 0.2) is 22.6 Å². The molecule has 15 heavy (non-hydrogen) atoms. The third-order valence-electron chi connectivity index (χ3n) is 2.33. The van der Waals surface area contributed by atoms with E-state index >= 15 is 0 Å². The minimum Gasteiger partial charge on any atom is -0.495 e. The van der Waals surface area contributed by atoms with E-state index in [1.54, 1.807) is 25.3 Å². The van der Waals surface area contributed by atoms with Crippen LogP contribution < -0.4 is 4.74 Å². The molecule has 0 aromatic heterocycles. The van der Waals surface area contributed by atoms with Gasteiger partial charge < -0.3 is 4.74 Å². The highest BCUT2D eigenvalue weighted by Gasteiger charge is 2.19. The summed E-state index contributed by atoms with van der Waals surface area (Å²) in [7, 11) is -0.404. The number of methoxy groups -OCH3 is 1.